The average Bonchev–Trinajstić information content (AvgIpc) is 3.26. The molecule has 33 heavy (non-hydrogen) atoms. The van der Waals surface area contributed by atoms with Gasteiger partial charge in [-0.3, -0.25) is 14.4 Å². The van der Waals surface area contributed by atoms with Crippen LogP contribution in [0.2, 0.25) is 0 Å². The average molecular weight is 497 g/mol. The summed E-state index contributed by atoms with van der Waals surface area (Å²) >= 11 is 1.62. The third-order valence-corrected chi connectivity index (χ3v) is 7.07. The number of anilines is 1. The molecule has 0 radical (unpaired) electrons. The van der Waals surface area contributed by atoms with Crippen LogP contribution in [-0.2, 0) is 21.3 Å². The van der Waals surface area contributed by atoms with Gasteiger partial charge in [-0.1, -0.05) is 6.92 Å². The van der Waals surface area contributed by atoms with Gasteiger partial charge in [0.15, 0.2) is 0 Å². The minimum atomic E-state index is -3.48. The van der Waals surface area contributed by atoms with Crippen molar-refractivity contribution in [2.45, 2.75) is 32.5 Å². The summed E-state index contributed by atoms with van der Waals surface area (Å²) in [6.07, 6.45) is 2.70. The lowest BCUT2D eigenvalue weighted by molar-refractivity contribution is 0.00921. The van der Waals surface area contributed by atoms with Crippen LogP contribution >= 0.6 is 11.3 Å². The van der Waals surface area contributed by atoms with E-state index in [-0.39, 0.29) is 24.0 Å². The monoisotopic (exact) mass is 496 g/mol. The number of carbonyl (C=O) groups excluding carboxylic acids is 1. The van der Waals surface area contributed by atoms with Gasteiger partial charge in [-0.25, -0.2) is 13.4 Å². The Morgan fingerprint density at radius 3 is 2.70 bits per heavy atom. The van der Waals surface area contributed by atoms with Gasteiger partial charge in [-0.15, -0.1) is 11.3 Å². The molecule has 182 valence electrons. The van der Waals surface area contributed by atoms with Gasteiger partial charge in [0.05, 0.1) is 24.5 Å². The van der Waals surface area contributed by atoms with Gasteiger partial charge in [0.2, 0.25) is 10.0 Å². The number of ether oxygens (including phenoxy) is 2. The highest BCUT2D eigenvalue weighted by molar-refractivity contribution is 7.92. The number of carbonyl (C=O) groups is 1. The number of amides is 1. The van der Waals surface area contributed by atoms with Gasteiger partial charge < -0.3 is 14.4 Å². The third-order valence-electron chi connectivity index (χ3n) is 5.70. The van der Waals surface area contributed by atoms with E-state index in [2.05, 4.69) is 28.5 Å². The largest absolute Gasteiger partial charge is 0.491 e. The maximum Gasteiger partial charge on any atom is 0.257 e. The molecule has 11 heteroatoms. The standard InChI is InChI=1S/C22H32N4O5S2/c1-15-11-26(13-21-23-8-9-32-21)16(2)14-31-19-7-6-17(24-33(5,28)29)10-18(19)22(27)25(3)12-20(15)30-4/h6-10,15-16,20,24H,11-14H2,1-5H3/t15-,16+,20+/m0/s1. The minimum Gasteiger partial charge on any atom is -0.491 e. The van der Waals surface area contributed by atoms with E-state index in [1.165, 1.54) is 6.07 Å². The number of thiazole rings is 1. The van der Waals surface area contributed by atoms with Crippen molar-refractivity contribution >= 4 is 33.0 Å². The molecule has 1 aliphatic heterocycles. The molecular weight excluding hydrogens is 464 g/mol. The van der Waals surface area contributed by atoms with Crippen molar-refractivity contribution in [3.63, 3.8) is 0 Å². The second-order valence-electron chi connectivity index (χ2n) is 8.54. The van der Waals surface area contributed by atoms with E-state index in [4.69, 9.17) is 9.47 Å². The number of likely N-dealkylation sites (N-methyl/N-ethyl adjacent to an activating group) is 1. The Morgan fingerprint density at radius 2 is 2.06 bits per heavy atom. The quantitative estimate of drug-likeness (QED) is 0.679. The molecule has 0 bridgehead atoms. The number of fused-ring (bicyclic) bond motifs is 1. The zero-order chi connectivity index (χ0) is 24.2. The first kappa shape index (κ1) is 25.4. The van der Waals surface area contributed by atoms with Crippen molar-refractivity contribution < 1.29 is 22.7 Å². The number of hydrogen-bond acceptors (Lipinski definition) is 8. The van der Waals surface area contributed by atoms with Crippen LogP contribution in [0.5, 0.6) is 5.75 Å². The molecule has 1 amide bonds. The van der Waals surface area contributed by atoms with Crippen molar-refractivity contribution in [2.24, 2.45) is 5.92 Å². The Morgan fingerprint density at radius 1 is 1.30 bits per heavy atom. The van der Waals surface area contributed by atoms with Crippen LogP contribution in [0.25, 0.3) is 0 Å². The summed E-state index contributed by atoms with van der Waals surface area (Å²) in [4.78, 5) is 21.6. The van der Waals surface area contributed by atoms with Crippen LogP contribution in [0.4, 0.5) is 5.69 Å². The van der Waals surface area contributed by atoms with Crippen molar-refractivity contribution in [1.29, 1.82) is 0 Å². The van der Waals surface area contributed by atoms with E-state index in [1.807, 2.05) is 5.38 Å². The fourth-order valence-corrected chi connectivity index (χ4v) is 5.05. The highest BCUT2D eigenvalue weighted by atomic mass is 32.2. The Balaban J connectivity index is 1.95. The molecule has 3 rings (SSSR count). The maximum absolute atomic E-state index is 13.3. The molecule has 0 aliphatic carbocycles. The second kappa shape index (κ2) is 10.8. The Bertz CT molecular complexity index is 1050. The topological polar surface area (TPSA) is 101 Å². The van der Waals surface area contributed by atoms with Gasteiger partial charge in [-0.05, 0) is 31.0 Å². The molecule has 0 fully saturated rings. The first-order valence-corrected chi connectivity index (χ1v) is 13.5. The molecule has 2 aromatic rings. The SMILES string of the molecule is CO[C@@H]1CN(C)C(=O)c2cc(NS(C)(=O)=O)ccc2OC[C@@H](C)N(Cc2nccs2)C[C@@H]1C. The molecule has 2 heterocycles. The summed E-state index contributed by atoms with van der Waals surface area (Å²) in [5.74, 6) is 0.295. The second-order valence-corrected chi connectivity index (χ2v) is 11.3. The minimum absolute atomic E-state index is 0.0442. The molecule has 3 atom stereocenters. The normalized spacial score (nSPS) is 23.2. The number of benzene rings is 1. The number of nitrogens with zero attached hydrogens (tertiary/aromatic N) is 3. The molecule has 1 N–H and O–H groups in total. The molecule has 0 unspecified atom stereocenters. The van der Waals surface area contributed by atoms with Crippen molar-refractivity contribution in [2.75, 3.05) is 44.8 Å². The number of aromatic nitrogens is 1. The van der Waals surface area contributed by atoms with Crippen molar-refractivity contribution in [1.82, 2.24) is 14.8 Å². The fraction of sp³-hybridized carbons (Fsp3) is 0.545. The van der Waals surface area contributed by atoms with E-state index < -0.39 is 10.0 Å². The summed E-state index contributed by atoms with van der Waals surface area (Å²) in [6, 6.07) is 4.79. The summed E-state index contributed by atoms with van der Waals surface area (Å²) in [7, 11) is -0.114. The lowest BCUT2D eigenvalue weighted by Gasteiger charge is -2.35. The third kappa shape index (κ3) is 6.89. The van der Waals surface area contributed by atoms with Gasteiger partial charge in [-0.2, -0.15) is 0 Å². The van der Waals surface area contributed by atoms with Crippen LogP contribution in [-0.4, -0.2) is 81.4 Å². The molecule has 1 aromatic carbocycles. The lowest BCUT2D eigenvalue weighted by Crippen LogP contribution is -2.46. The smallest absolute Gasteiger partial charge is 0.257 e. The summed E-state index contributed by atoms with van der Waals surface area (Å²) < 4.78 is 37.7. The molecule has 9 nitrogen and oxygen atoms in total. The molecule has 1 aromatic heterocycles. The summed E-state index contributed by atoms with van der Waals surface area (Å²) in [6.45, 7) is 6.40. The number of methoxy groups -OCH3 is 1. The summed E-state index contributed by atoms with van der Waals surface area (Å²) in [5.41, 5.74) is 0.608. The molecular formula is C22H32N4O5S2. The van der Waals surface area contributed by atoms with Gasteiger partial charge in [0.1, 0.15) is 17.4 Å². The van der Waals surface area contributed by atoms with Gasteiger partial charge in [0.25, 0.3) is 5.91 Å². The van der Waals surface area contributed by atoms with Gasteiger partial charge >= 0.3 is 0 Å². The first-order chi connectivity index (χ1) is 15.6. The zero-order valence-electron chi connectivity index (χ0n) is 19.6. The van der Waals surface area contributed by atoms with E-state index in [9.17, 15) is 13.2 Å². The highest BCUT2D eigenvalue weighted by Crippen LogP contribution is 2.27. The van der Waals surface area contributed by atoms with Crippen LogP contribution < -0.4 is 9.46 Å². The van der Waals surface area contributed by atoms with E-state index in [1.54, 1.807) is 48.7 Å². The maximum atomic E-state index is 13.3. The number of nitrogens with one attached hydrogen (secondary N) is 1. The fourth-order valence-electron chi connectivity index (χ4n) is 3.85. The predicted molar refractivity (Wildman–Crippen MR) is 129 cm³/mol. The Hall–Kier alpha value is -2.21. The predicted octanol–water partition coefficient (Wildman–Crippen LogP) is 2.52. The van der Waals surface area contributed by atoms with E-state index in [0.717, 1.165) is 17.8 Å². The van der Waals surface area contributed by atoms with Gasteiger partial charge in [0, 0.05) is 50.6 Å². The number of hydrogen-bond donors (Lipinski definition) is 1. The first-order valence-electron chi connectivity index (χ1n) is 10.7. The van der Waals surface area contributed by atoms with E-state index >= 15 is 0 Å². The van der Waals surface area contributed by atoms with Crippen molar-refractivity contribution in [3.8, 4) is 5.75 Å². The number of rotatable bonds is 5. The zero-order valence-corrected chi connectivity index (χ0v) is 21.3. The lowest BCUT2D eigenvalue weighted by atomic mass is 10.0. The highest BCUT2D eigenvalue weighted by Gasteiger charge is 2.29. The molecule has 0 saturated heterocycles. The summed E-state index contributed by atoms with van der Waals surface area (Å²) in [5, 5.41) is 2.99. The van der Waals surface area contributed by atoms with Crippen LogP contribution in [0, 0.1) is 5.92 Å². The molecule has 0 spiro atoms. The van der Waals surface area contributed by atoms with Crippen LogP contribution in [0.15, 0.2) is 29.8 Å². The van der Waals surface area contributed by atoms with Crippen LogP contribution in [0.3, 0.4) is 0 Å². The molecule has 0 saturated carbocycles. The van der Waals surface area contributed by atoms with E-state index in [0.29, 0.717) is 36.7 Å². The molecule has 1 aliphatic rings. The Labute approximate surface area is 199 Å². The van der Waals surface area contributed by atoms with Crippen LogP contribution in [0.1, 0.15) is 29.2 Å². The number of sulfonamides is 1. The van der Waals surface area contributed by atoms with Crippen molar-refractivity contribution in [3.05, 3.63) is 40.3 Å². The Kier molecular flexibility index (Phi) is 8.33.